The van der Waals surface area contributed by atoms with E-state index in [9.17, 15) is 9.59 Å². The summed E-state index contributed by atoms with van der Waals surface area (Å²) in [5.41, 5.74) is 10.2. The quantitative estimate of drug-likeness (QED) is 0.706. The van der Waals surface area contributed by atoms with E-state index in [2.05, 4.69) is 10.4 Å². The third kappa shape index (κ3) is 4.23. The zero-order valence-corrected chi connectivity index (χ0v) is 15.4. The van der Waals surface area contributed by atoms with Crippen LogP contribution in [0.4, 0.5) is 5.69 Å². The van der Waals surface area contributed by atoms with Crippen molar-refractivity contribution in [2.75, 3.05) is 5.32 Å². The standard InChI is InChI=1S/C21H22N4O2/c1-3-19-18(21(22)27)13-23-25(19)17-10-8-16(9-11-17)24-20(26)12-15-6-4-14(2)5-7-15/h4-11,13H,3,12H2,1-2H3,(H2,22,27)(H,24,26). The number of anilines is 1. The first-order chi connectivity index (χ1) is 13.0. The Morgan fingerprint density at radius 1 is 1.07 bits per heavy atom. The largest absolute Gasteiger partial charge is 0.365 e. The van der Waals surface area contributed by atoms with Gasteiger partial charge in [0.2, 0.25) is 5.91 Å². The van der Waals surface area contributed by atoms with E-state index in [1.807, 2.05) is 62.4 Å². The molecule has 0 unspecified atom stereocenters. The van der Waals surface area contributed by atoms with Gasteiger partial charge in [-0.15, -0.1) is 0 Å². The number of primary amides is 1. The van der Waals surface area contributed by atoms with Gasteiger partial charge in [0.25, 0.3) is 5.91 Å². The lowest BCUT2D eigenvalue weighted by molar-refractivity contribution is -0.115. The monoisotopic (exact) mass is 362 g/mol. The first-order valence-corrected chi connectivity index (χ1v) is 8.80. The molecule has 1 heterocycles. The number of benzene rings is 2. The summed E-state index contributed by atoms with van der Waals surface area (Å²) in [5.74, 6) is -0.561. The summed E-state index contributed by atoms with van der Waals surface area (Å²) in [6.07, 6.45) is 2.44. The molecular weight excluding hydrogens is 340 g/mol. The highest BCUT2D eigenvalue weighted by atomic mass is 16.2. The molecule has 1 aromatic heterocycles. The highest BCUT2D eigenvalue weighted by molar-refractivity contribution is 5.94. The van der Waals surface area contributed by atoms with Crippen LogP contribution in [0.2, 0.25) is 0 Å². The number of carbonyl (C=O) groups is 2. The molecule has 2 aromatic carbocycles. The van der Waals surface area contributed by atoms with Crippen molar-refractivity contribution in [2.24, 2.45) is 5.73 Å². The number of carbonyl (C=O) groups excluding carboxylic acids is 2. The van der Waals surface area contributed by atoms with Crippen LogP contribution in [0.3, 0.4) is 0 Å². The van der Waals surface area contributed by atoms with Gasteiger partial charge < -0.3 is 11.1 Å². The van der Waals surface area contributed by atoms with Crippen LogP contribution in [0, 0.1) is 6.92 Å². The van der Waals surface area contributed by atoms with Crippen molar-refractivity contribution in [2.45, 2.75) is 26.7 Å². The van der Waals surface area contributed by atoms with Crippen LogP contribution in [0.1, 0.15) is 34.1 Å². The van der Waals surface area contributed by atoms with Gasteiger partial charge in [0, 0.05) is 5.69 Å². The van der Waals surface area contributed by atoms with E-state index in [0.29, 0.717) is 24.1 Å². The topological polar surface area (TPSA) is 90.0 Å². The van der Waals surface area contributed by atoms with E-state index < -0.39 is 5.91 Å². The molecule has 0 radical (unpaired) electrons. The van der Waals surface area contributed by atoms with E-state index in [4.69, 9.17) is 5.73 Å². The molecule has 6 heteroatoms. The number of hydrogen-bond acceptors (Lipinski definition) is 3. The molecule has 3 rings (SSSR count). The average molecular weight is 362 g/mol. The van der Waals surface area contributed by atoms with E-state index in [1.54, 1.807) is 4.68 Å². The van der Waals surface area contributed by atoms with Crippen LogP contribution >= 0.6 is 0 Å². The number of nitrogens with one attached hydrogen (secondary N) is 1. The average Bonchev–Trinajstić information content (AvgIpc) is 3.08. The molecular formula is C21H22N4O2. The van der Waals surface area contributed by atoms with E-state index in [0.717, 1.165) is 16.9 Å². The zero-order chi connectivity index (χ0) is 19.4. The Labute approximate surface area is 158 Å². The Balaban J connectivity index is 1.71. The van der Waals surface area contributed by atoms with Gasteiger partial charge in [0.05, 0.1) is 29.6 Å². The van der Waals surface area contributed by atoms with Gasteiger partial charge in [0.15, 0.2) is 0 Å². The van der Waals surface area contributed by atoms with Crippen molar-refractivity contribution in [3.05, 3.63) is 77.1 Å². The maximum atomic E-state index is 12.2. The van der Waals surface area contributed by atoms with Crippen molar-refractivity contribution in [1.29, 1.82) is 0 Å². The third-order valence-corrected chi connectivity index (χ3v) is 4.35. The van der Waals surface area contributed by atoms with Crippen molar-refractivity contribution in [1.82, 2.24) is 9.78 Å². The van der Waals surface area contributed by atoms with Gasteiger partial charge in [-0.05, 0) is 43.2 Å². The van der Waals surface area contributed by atoms with Gasteiger partial charge in [-0.2, -0.15) is 5.10 Å². The maximum Gasteiger partial charge on any atom is 0.252 e. The number of rotatable bonds is 6. The number of hydrogen-bond donors (Lipinski definition) is 2. The summed E-state index contributed by atoms with van der Waals surface area (Å²) in [5, 5.41) is 7.15. The van der Waals surface area contributed by atoms with Crippen LogP contribution in [0.25, 0.3) is 5.69 Å². The summed E-state index contributed by atoms with van der Waals surface area (Å²) in [6, 6.07) is 15.2. The molecule has 0 spiro atoms. The molecule has 3 N–H and O–H groups in total. The van der Waals surface area contributed by atoms with Crippen molar-refractivity contribution >= 4 is 17.5 Å². The molecule has 0 aliphatic heterocycles. The lowest BCUT2D eigenvalue weighted by atomic mass is 10.1. The van der Waals surface area contributed by atoms with Gasteiger partial charge in [-0.1, -0.05) is 36.8 Å². The Bertz CT molecular complexity index is 957. The lowest BCUT2D eigenvalue weighted by Crippen LogP contribution is -2.15. The zero-order valence-electron chi connectivity index (χ0n) is 15.4. The van der Waals surface area contributed by atoms with Gasteiger partial charge >= 0.3 is 0 Å². The molecule has 0 aliphatic rings. The second-order valence-electron chi connectivity index (χ2n) is 6.39. The number of nitrogens with two attached hydrogens (primary N) is 1. The molecule has 0 saturated carbocycles. The highest BCUT2D eigenvalue weighted by Gasteiger charge is 2.14. The minimum absolute atomic E-state index is 0.0732. The second-order valence-corrected chi connectivity index (χ2v) is 6.39. The first-order valence-electron chi connectivity index (χ1n) is 8.80. The molecule has 0 fully saturated rings. The fraction of sp³-hybridized carbons (Fsp3) is 0.190. The fourth-order valence-corrected chi connectivity index (χ4v) is 2.92. The van der Waals surface area contributed by atoms with Gasteiger partial charge in [-0.3, -0.25) is 9.59 Å². The second kappa shape index (κ2) is 7.86. The van der Waals surface area contributed by atoms with Crippen molar-refractivity contribution < 1.29 is 9.59 Å². The molecule has 3 aromatic rings. The van der Waals surface area contributed by atoms with Crippen LogP contribution in [-0.2, 0) is 17.6 Å². The lowest BCUT2D eigenvalue weighted by Gasteiger charge is -2.09. The van der Waals surface area contributed by atoms with E-state index >= 15 is 0 Å². The summed E-state index contributed by atoms with van der Waals surface area (Å²) >= 11 is 0. The number of aromatic nitrogens is 2. The number of amides is 2. The minimum Gasteiger partial charge on any atom is -0.365 e. The summed E-state index contributed by atoms with van der Waals surface area (Å²) in [6.45, 7) is 3.96. The van der Waals surface area contributed by atoms with Crippen molar-refractivity contribution in [3.63, 3.8) is 0 Å². The Hall–Kier alpha value is -3.41. The van der Waals surface area contributed by atoms with Crippen LogP contribution < -0.4 is 11.1 Å². The van der Waals surface area contributed by atoms with Gasteiger partial charge in [-0.25, -0.2) is 4.68 Å². The fourth-order valence-electron chi connectivity index (χ4n) is 2.92. The molecule has 27 heavy (non-hydrogen) atoms. The molecule has 0 saturated heterocycles. The molecule has 6 nitrogen and oxygen atoms in total. The van der Waals surface area contributed by atoms with Crippen LogP contribution in [0.5, 0.6) is 0 Å². The third-order valence-electron chi connectivity index (χ3n) is 4.35. The Morgan fingerprint density at radius 3 is 2.33 bits per heavy atom. The maximum absolute atomic E-state index is 12.2. The molecule has 0 aliphatic carbocycles. The predicted octanol–water partition coefficient (Wildman–Crippen LogP) is 3.02. The van der Waals surface area contributed by atoms with Gasteiger partial charge in [0.1, 0.15) is 0 Å². The smallest absolute Gasteiger partial charge is 0.252 e. The predicted molar refractivity (Wildman–Crippen MR) is 105 cm³/mol. The Morgan fingerprint density at radius 2 is 1.74 bits per heavy atom. The summed E-state index contributed by atoms with van der Waals surface area (Å²) in [7, 11) is 0. The van der Waals surface area contributed by atoms with Crippen LogP contribution in [0.15, 0.2) is 54.7 Å². The molecule has 0 bridgehead atoms. The molecule has 0 atom stereocenters. The number of nitrogens with zero attached hydrogens (tertiary/aromatic N) is 2. The van der Waals surface area contributed by atoms with E-state index in [1.165, 1.54) is 11.8 Å². The van der Waals surface area contributed by atoms with E-state index in [-0.39, 0.29) is 5.91 Å². The normalized spacial score (nSPS) is 10.6. The SMILES string of the molecule is CCc1c(C(N)=O)cnn1-c1ccc(NC(=O)Cc2ccc(C)cc2)cc1. The molecule has 138 valence electrons. The molecule has 2 amide bonds. The number of aryl methyl sites for hydroxylation is 1. The van der Waals surface area contributed by atoms with Crippen molar-refractivity contribution in [3.8, 4) is 5.69 Å². The van der Waals surface area contributed by atoms with Crippen LogP contribution in [-0.4, -0.2) is 21.6 Å². The first kappa shape index (κ1) is 18.4. The highest BCUT2D eigenvalue weighted by Crippen LogP contribution is 2.18. The summed E-state index contributed by atoms with van der Waals surface area (Å²) in [4.78, 5) is 23.7. The minimum atomic E-state index is -0.488. The summed E-state index contributed by atoms with van der Waals surface area (Å²) < 4.78 is 1.69. The Kier molecular flexibility index (Phi) is 5.35.